The molecule has 0 aliphatic rings. The second-order valence-electron chi connectivity index (χ2n) is 9.05. The van der Waals surface area contributed by atoms with Gasteiger partial charge in [-0.2, -0.15) is 14.6 Å². The van der Waals surface area contributed by atoms with Gasteiger partial charge >= 0.3 is 18.2 Å². The maximum atomic E-state index is 13.0. The maximum absolute atomic E-state index is 13.0. The van der Waals surface area contributed by atoms with Crippen LogP contribution < -0.4 is 9.64 Å². The van der Waals surface area contributed by atoms with Crippen LogP contribution in [-0.2, 0) is 9.47 Å². The molecule has 1 N–H and O–H groups in total. The molecule has 0 fully saturated rings. The molecule has 11 heteroatoms. The number of carboxylic acid groups (broad SMARTS) is 1. The van der Waals surface area contributed by atoms with Crippen LogP contribution in [0.1, 0.15) is 71.7 Å². The van der Waals surface area contributed by atoms with E-state index in [0.29, 0.717) is 11.5 Å². The van der Waals surface area contributed by atoms with E-state index in [-0.39, 0.29) is 22.9 Å². The second kappa shape index (κ2) is 9.41. The Morgan fingerprint density at radius 1 is 1.06 bits per heavy atom. The number of hydrogen-bond donors (Lipinski definition) is 1. The summed E-state index contributed by atoms with van der Waals surface area (Å²) in [6.45, 7) is 12.1. The summed E-state index contributed by atoms with van der Waals surface area (Å²) >= 11 is 0. The molecule has 176 valence electrons. The Morgan fingerprint density at radius 3 is 2.09 bits per heavy atom. The van der Waals surface area contributed by atoms with Crippen molar-refractivity contribution >= 4 is 29.6 Å². The normalized spacial score (nSPS) is 11.8. The van der Waals surface area contributed by atoms with Gasteiger partial charge in [0.15, 0.2) is 0 Å². The van der Waals surface area contributed by atoms with Crippen LogP contribution in [0.4, 0.5) is 15.5 Å². The number of unbranched alkanes of at least 4 members (excludes halogenated alkanes) is 1. The summed E-state index contributed by atoms with van der Waals surface area (Å²) in [5, 5.41) is 13.5. The van der Waals surface area contributed by atoms with Crippen molar-refractivity contribution in [2.75, 3.05) is 11.5 Å². The minimum absolute atomic E-state index is 0.0288. The molecule has 0 atom stereocenters. The summed E-state index contributed by atoms with van der Waals surface area (Å²) in [6, 6.07) is 1.39. The molecule has 0 aliphatic heterocycles. The average Bonchev–Trinajstić information content (AvgIpc) is 3.03. The Labute approximate surface area is 186 Å². The summed E-state index contributed by atoms with van der Waals surface area (Å²) in [5.41, 5.74) is -1.92. The van der Waals surface area contributed by atoms with Crippen molar-refractivity contribution < 1.29 is 33.7 Å². The molecule has 11 nitrogen and oxygen atoms in total. The topological polar surface area (TPSA) is 133 Å². The standard InChI is InChI=1S/C21H30N4O7/c1-8-9-10-30-15-11-14-13(16(26)27)12-22-25(14)17(23-15)24(18(28)31-20(2,3)4)19(29)32-21(5,6)7/h11-12H,8-10H2,1-7H3,(H,26,27). The van der Waals surface area contributed by atoms with Gasteiger partial charge in [0.25, 0.3) is 0 Å². The maximum Gasteiger partial charge on any atom is 0.427 e. The monoisotopic (exact) mass is 450 g/mol. The third-order valence-electron chi connectivity index (χ3n) is 3.80. The number of carboxylic acids is 1. The fraction of sp³-hybridized carbons (Fsp3) is 0.571. The number of nitrogens with zero attached hydrogens (tertiary/aromatic N) is 4. The molecule has 0 saturated carbocycles. The molecular formula is C21H30N4O7. The molecule has 2 rings (SSSR count). The van der Waals surface area contributed by atoms with Crippen LogP contribution in [0, 0.1) is 0 Å². The number of anilines is 1. The number of amides is 2. The van der Waals surface area contributed by atoms with Crippen LogP contribution in [0.3, 0.4) is 0 Å². The zero-order valence-electron chi connectivity index (χ0n) is 19.5. The van der Waals surface area contributed by atoms with Gasteiger partial charge < -0.3 is 19.3 Å². The molecule has 0 radical (unpaired) electrons. The molecule has 0 aromatic carbocycles. The number of carbonyl (C=O) groups is 3. The Kier molecular flexibility index (Phi) is 7.32. The molecule has 0 unspecified atom stereocenters. The first-order valence-corrected chi connectivity index (χ1v) is 10.2. The molecule has 0 aliphatic carbocycles. The third-order valence-corrected chi connectivity index (χ3v) is 3.80. The highest BCUT2D eigenvalue weighted by atomic mass is 16.6. The largest absolute Gasteiger partial charge is 0.478 e. The minimum atomic E-state index is -1.24. The number of imide groups is 1. The zero-order chi connectivity index (χ0) is 24.3. The SMILES string of the molecule is CCCCOc1cc2c(C(=O)O)cnn2c(N(C(=O)OC(C)(C)C)C(=O)OC(C)(C)C)n1. The molecule has 0 spiro atoms. The van der Waals surface area contributed by atoms with Crippen LogP contribution in [-0.4, -0.2) is 55.7 Å². The fourth-order valence-corrected chi connectivity index (χ4v) is 2.51. The number of carbonyl (C=O) groups excluding carboxylic acids is 2. The summed E-state index contributed by atoms with van der Waals surface area (Å²) in [4.78, 5) is 42.5. The lowest BCUT2D eigenvalue weighted by atomic mass is 10.2. The Bertz CT molecular complexity index is 974. The third kappa shape index (κ3) is 6.32. The molecule has 2 amide bonds. The Morgan fingerprint density at radius 2 is 1.62 bits per heavy atom. The van der Waals surface area contributed by atoms with E-state index in [9.17, 15) is 19.5 Å². The van der Waals surface area contributed by atoms with Crippen molar-refractivity contribution in [3.63, 3.8) is 0 Å². The van der Waals surface area contributed by atoms with Gasteiger partial charge in [0.2, 0.25) is 11.8 Å². The van der Waals surface area contributed by atoms with E-state index in [1.54, 1.807) is 41.5 Å². The van der Waals surface area contributed by atoms with Crippen molar-refractivity contribution in [2.45, 2.75) is 72.5 Å². The average molecular weight is 450 g/mol. The minimum Gasteiger partial charge on any atom is -0.478 e. The predicted molar refractivity (Wildman–Crippen MR) is 115 cm³/mol. The Balaban J connectivity index is 2.69. The summed E-state index contributed by atoms with van der Waals surface area (Å²) in [7, 11) is 0. The van der Waals surface area contributed by atoms with Gasteiger partial charge in [0.1, 0.15) is 16.8 Å². The van der Waals surface area contributed by atoms with E-state index in [4.69, 9.17) is 14.2 Å². The first-order valence-electron chi connectivity index (χ1n) is 10.2. The van der Waals surface area contributed by atoms with Crippen molar-refractivity contribution in [1.29, 1.82) is 0 Å². The second-order valence-corrected chi connectivity index (χ2v) is 9.05. The van der Waals surface area contributed by atoms with Crippen LogP contribution >= 0.6 is 0 Å². The molecule has 2 heterocycles. The molecule has 2 aromatic heterocycles. The summed E-state index contributed by atoms with van der Waals surface area (Å²) in [6.07, 6.45) is 0.581. The highest BCUT2D eigenvalue weighted by molar-refractivity contribution is 6.08. The first-order chi connectivity index (χ1) is 14.7. The highest BCUT2D eigenvalue weighted by Crippen LogP contribution is 2.26. The van der Waals surface area contributed by atoms with Gasteiger partial charge in [-0.15, -0.1) is 4.90 Å². The number of aromatic carboxylic acids is 1. The number of aromatic nitrogens is 3. The van der Waals surface area contributed by atoms with Gasteiger partial charge in [-0.05, 0) is 48.0 Å². The van der Waals surface area contributed by atoms with Gasteiger partial charge in [-0.1, -0.05) is 13.3 Å². The molecular weight excluding hydrogens is 420 g/mol. The van der Waals surface area contributed by atoms with Crippen molar-refractivity contribution in [1.82, 2.24) is 14.6 Å². The molecule has 0 bridgehead atoms. The smallest absolute Gasteiger partial charge is 0.427 e. The number of fused-ring (bicyclic) bond motifs is 1. The predicted octanol–water partition coefficient (Wildman–Crippen LogP) is 4.28. The van der Waals surface area contributed by atoms with Gasteiger partial charge in [-0.25, -0.2) is 14.4 Å². The first kappa shape index (κ1) is 24.9. The van der Waals surface area contributed by atoms with Crippen molar-refractivity contribution in [2.24, 2.45) is 0 Å². The highest BCUT2D eigenvalue weighted by Gasteiger charge is 2.36. The quantitative estimate of drug-likeness (QED) is 0.640. The summed E-state index contributed by atoms with van der Waals surface area (Å²) < 4.78 is 17.5. The van der Waals surface area contributed by atoms with E-state index in [1.807, 2.05) is 6.92 Å². The van der Waals surface area contributed by atoms with Crippen LogP contribution in [0.2, 0.25) is 0 Å². The lowest BCUT2D eigenvalue weighted by molar-refractivity contribution is 0.0425. The molecule has 2 aromatic rings. The van der Waals surface area contributed by atoms with Gasteiger partial charge in [0, 0.05) is 6.07 Å². The van der Waals surface area contributed by atoms with Gasteiger partial charge in [0.05, 0.1) is 18.3 Å². The number of hydrogen-bond acceptors (Lipinski definition) is 8. The van der Waals surface area contributed by atoms with Crippen LogP contribution in [0.15, 0.2) is 12.3 Å². The lowest BCUT2D eigenvalue weighted by Crippen LogP contribution is -2.45. The van der Waals surface area contributed by atoms with E-state index in [0.717, 1.165) is 23.6 Å². The molecule has 32 heavy (non-hydrogen) atoms. The Hall–Kier alpha value is -3.37. The summed E-state index contributed by atoms with van der Waals surface area (Å²) in [5.74, 6) is -1.52. The van der Waals surface area contributed by atoms with E-state index >= 15 is 0 Å². The fourth-order valence-electron chi connectivity index (χ4n) is 2.51. The van der Waals surface area contributed by atoms with E-state index < -0.39 is 29.4 Å². The number of rotatable bonds is 6. The van der Waals surface area contributed by atoms with Crippen molar-refractivity contribution in [3.8, 4) is 5.88 Å². The number of ether oxygens (including phenoxy) is 3. The van der Waals surface area contributed by atoms with Crippen LogP contribution in [0.25, 0.3) is 5.52 Å². The lowest BCUT2D eigenvalue weighted by Gasteiger charge is -2.28. The van der Waals surface area contributed by atoms with Crippen molar-refractivity contribution in [3.05, 3.63) is 17.8 Å². The van der Waals surface area contributed by atoms with E-state index in [1.165, 1.54) is 6.07 Å². The van der Waals surface area contributed by atoms with Crippen LogP contribution in [0.5, 0.6) is 5.88 Å². The zero-order valence-corrected chi connectivity index (χ0v) is 19.5. The molecule has 0 saturated heterocycles. The van der Waals surface area contributed by atoms with E-state index in [2.05, 4.69) is 10.1 Å². The van der Waals surface area contributed by atoms with Gasteiger partial charge in [-0.3, -0.25) is 0 Å².